The molecular weight excluding hydrogens is 923 g/mol. The monoisotopic (exact) mass is 1050 g/mol. The molecule has 2 atom stereocenters. The first-order valence-corrected chi connectivity index (χ1v) is 33.8. The van der Waals surface area contributed by atoms with Crippen LogP contribution in [0.3, 0.4) is 0 Å². The Bertz CT molecular complexity index is 1210. The number of nitrogens with one attached hydrogen (secondary N) is 1. The second-order valence-electron chi connectivity index (χ2n) is 23.1. The van der Waals surface area contributed by atoms with Crippen molar-refractivity contribution < 1.29 is 24.5 Å². The number of ether oxygens (including phenoxy) is 1. The number of aliphatic hydroxyl groups excluding tert-OH is 2. The number of rotatable bonds is 63. The molecule has 6 heteroatoms. The van der Waals surface area contributed by atoms with E-state index in [-0.39, 0.29) is 18.5 Å². The zero-order valence-corrected chi connectivity index (χ0v) is 50.5. The van der Waals surface area contributed by atoms with E-state index < -0.39 is 12.1 Å². The van der Waals surface area contributed by atoms with Gasteiger partial charge in [0, 0.05) is 12.8 Å². The second-order valence-corrected chi connectivity index (χ2v) is 23.1. The number of allylic oxidation sites excluding steroid dienone is 5. The number of aliphatic hydroxyl groups is 2. The molecule has 75 heavy (non-hydrogen) atoms. The molecule has 3 N–H and O–H groups in total. The van der Waals surface area contributed by atoms with E-state index in [1.807, 2.05) is 6.08 Å². The van der Waals surface area contributed by atoms with Crippen molar-refractivity contribution in [2.45, 2.75) is 379 Å². The van der Waals surface area contributed by atoms with Gasteiger partial charge in [0.15, 0.2) is 0 Å². The third-order valence-electron chi connectivity index (χ3n) is 15.6. The molecule has 0 spiro atoms. The van der Waals surface area contributed by atoms with Crippen LogP contribution in [0.15, 0.2) is 36.5 Å². The molecule has 0 saturated carbocycles. The quantitative estimate of drug-likeness (QED) is 0.0320. The standard InChI is InChI=1S/C69H131NO5/c1-3-5-7-9-11-13-15-17-19-20-30-34-37-41-45-49-53-57-61-67(72)66(65-71)70-68(73)62-58-54-50-46-42-38-35-31-28-26-24-22-21-23-25-27-29-32-36-40-44-48-52-56-60-64-75-69(74)63-59-55-51-47-43-39-33-18-16-14-12-10-8-6-4-2/h18,22,24,33,57,61,66-67,71-72H,3-17,19-21,23,25-32,34-56,58-60,62-65H2,1-2H3,(H,70,73)/b24-22-,33-18-,61-57+. The lowest BCUT2D eigenvalue weighted by Crippen LogP contribution is -2.45. The van der Waals surface area contributed by atoms with E-state index in [0.717, 1.165) is 44.9 Å². The van der Waals surface area contributed by atoms with Crippen molar-refractivity contribution in [3.05, 3.63) is 36.5 Å². The van der Waals surface area contributed by atoms with Gasteiger partial charge in [-0.15, -0.1) is 0 Å². The molecular formula is C69H131NO5. The fourth-order valence-corrected chi connectivity index (χ4v) is 10.4. The third kappa shape index (κ3) is 61.2. The first kappa shape index (κ1) is 73.1. The highest BCUT2D eigenvalue weighted by molar-refractivity contribution is 5.76. The van der Waals surface area contributed by atoms with E-state index >= 15 is 0 Å². The predicted molar refractivity (Wildman–Crippen MR) is 329 cm³/mol. The Morgan fingerprint density at radius 2 is 0.627 bits per heavy atom. The molecule has 2 unspecified atom stereocenters. The highest BCUT2D eigenvalue weighted by Crippen LogP contribution is 2.18. The number of hydrogen-bond donors (Lipinski definition) is 3. The van der Waals surface area contributed by atoms with Gasteiger partial charge < -0.3 is 20.3 Å². The summed E-state index contributed by atoms with van der Waals surface area (Å²) in [6.45, 7) is 4.92. The van der Waals surface area contributed by atoms with Crippen LogP contribution in [0, 0.1) is 0 Å². The minimum absolute atomic E-state index is 0.00538. The Labute approximate surface area is 468 Å². The van der Waals surface area contributed by atoms with Gasteiger partial charge in [0.05, 0.1) is 25.4 Å². The summed E-state index contributed by atoms with van der Waals surface area (Å²) in [4.78, 5) is 24.6. The maximum atomic E-state index is 12.5. The van der Waals surface area contributed by atoms with Crippen LogP contribution in [0.1, 0.15) is 367 Å². The number of amides is 1. The van der Waals surface area contributed by atoms with Crippen LogP contribution < -0.4 is 5.32 Å². The summed E-state index contributed by atoms with van der Waals surface area (Å²) in [5.74, 6) is -0.0632. The Morgan fingerprint density at radius 1 is 0.360 bits per heavy atom. The van der Waals surface area contributed by atoms with Crippen molar-refractivity contribution >= 4 is 11.9 Å². The molecule has 0 aliphatic heterocycles. The van der Waals surface area contributed by atoms with Gasteiger partial charge in [-0.25, -0.2) is 0 Å². The van der Waals surface area contributed by atoms with E-state index in [1.165, 1.54) is 295 Å². The fourth-order valence-electron chi connectivity index (χ4n) is 10.4. The molecule has 0 aromatic heterocycles. The summed E-state index contributed by atoms with van der Waals surface area (Å²) >= 11 is 0. The Hall–Kier alpha value is -1.92. The zero-order chi connectivity index (χ0) is 54.3. The van der Waals surface area contributed by atoms with Crippen LogP contribution in [-0.2, 0) is 14.3 Å². The largest absolute Gasteiger partial charge is 0.466 e. The highest BCUT2D eigenvalue weighted by atomic mass is 16.5. The molecule has 0 radical (unpaired) electrons. The van der Waals surface area contributed by atoms with Crippen molar-refractivity contribution in [2.75, 3.05) is 13.2 Å². The van der Waals surface area contributed by atoms with E-state index in [0.29, 0.717) is 19.4 Å². The number of hydrogen-bond acceptors (Lipinski definition) is 5. The van der Waals surface area contributed by atoms with Gasteiger partial charge in [0.1, 0.15) is 0 Å². The van der Waals surface area contributed by atoms with Crippen LogP contribution in [0.4, 0.5) is 0 Å². The fraction of sp³-hybridized carbons (Fsp3) is 0.884. The van der Waals surface area contributed by atoms with Crippen molar-refractivity contribution in [1.29, 1.82) is 0 Å². The van der Waals surface area contributed by atoms with Gasteiger partial charge in [-0.05, 0) is 83.5 Å². The number of esters is 1. The Balaban J connectivity index is 3.42. The summed E-state index contributed by atoms with van der Waals surface area (Å²) in [6.07, 6.45) is 82.0. The van der Waals surface area contributed by atoms with Crippen molar-refractivity contribution in [3.8, 4) is 0 Å². The van der Waals surface area contributed by atoms with E-state index in [4.69, 9.17) is 4.74 Å². The summed E-state index contributed by atoms with van der Waals surface area (Å²) in [5.41, 5.74) is 0. The summed E-state index contributed by atoms with van der Waals surface area (Å²) < 4.78 is 5.49. The number of carbonyl (C=O) groups excluding carboxylic acids is 2. The molecule has 0 aromatic rings. The van der Waals surface area contributed by atoms with Crippen molar-refractivity contribution in [3.63, 3.8) is 0 Å². The van der Waals surface area contributed by atoms with Gasteiger partial charge in [-0.2, -0.15) is 0 Å². The summed E-state index contributed by atoms with van der Waals surface area (Å²) in [7, 11) is 0. The second kappa shape index (κ2) is 64.6. The molecule has 0 fully saturated rings. The lowest BCUT2D eigenvalue weighted by Gasteiger charge is -2.20. The van der Waals surface area contributed by atoms with Crippen molar-refractivity contribution in [2.24, 2.45) is 0 Å². The van der Waals surface area contributed by atoms with E-state index in [1.54, 1.807) is 6.08 Å². The maximum Gasteiger partial charge on any atom is 0.305 e. The van der Waals surface area contributed by atoms with Crippen LogP contribution in [0.2, 0.25) is 0 Å². The van der Waals surface area contributed by atoms with Gasteiger partial charge in [0.2, 0.25) is 5.91 Å². The summed E-state index contributed by atoms with van der Waals surface area (Å²) in [6, 6.07) is -0.631. The van der Waals surface area contributed by atoms with Crippen molar-refractivity contribution in [1.82, 2.24) is 5.32 Å². The normalized spacial score (nSPS) is 12.7. The first-order chi connectivity index (χ1) is 37.0. The SMILES string of the molecule is CCCCCCCC/C=C\CCCCCCCC(=O)OCCCCCCCCCCCCCC/C=C\CCCCCCCCCCCC(=O)NC(CO)C(O)/C=C/CCCCCCCCCCCCCCCCCC. The van der Waals surface area contributed by atoms with Gasteiger partial charge >= 0.3 is 5.97 Å². The molecule has 0 aromatic carbocycles. The molecule has 0 heterocycles. The number of carbonyl (C=O) groups is 2. The number of unbranched alkanes of at least 4 members (excludes halogenated alkanes) is 48. The lowest BCUT2D eigenvalue weighted by molar-refractivity contribution is -0.143. The van der Waals surface area contributed by atoms with Crippen LogP contribution >= 0.6 is 0 Å². The molecule has 0 rings (SSSR count). The smallest absolute Gasteiger partial charge is 0.305 e. The first-order valence-electron chi connectivity index (χ1n) is 33.8. The van der Waals surface area contributed by atoms with Crippen LogP contribution in [0.25, 0.3) is 0 Å². The molecule has 0 aliphatic rings. The van der Waals surface area contributed by atoms with Gasteiger partial charge in [0.25, 0.3) is 0 Å². The third-order valence-corrected chi connectivity index (χ3v) is 15.6. The van der Waals surface area contributed by atoms with Crippen LogP contribution in [0.5, 0.6) is 0 Å². The topological polar surface area (TPSA) is 95.9 Å². The Kier molecular flexibility index (Phi) is 63.0. The zero-order valence-electron chi connectivity index (χ0n) is 50.5. The van der Waals surface area contributed by atoms with Gasteiger partial charge in [-0.3, -0.25) is 9.59 Å². The van der Waals surface area contributed by atoms with E-state index in [2.05, 4.69) is 43.5 Å². The molecule has 0 aliphatic carbocycles. The minimum atomic E-state index is -0.847. The minimum Gasteiger partial charge on any atom is -0.466 e. The summed E-state index contributed by atoms with van der Waals surface area (Å²) in [5, 5.41) is 23.2. The molecule has 442 valence electrons. The lowest BCUT2D eigenvalue weighted by atomic mass is 10.0. The van der Waals surface area contributed by atoms with E-state index in [9.17, 15) is 19.8 Å². The maximum absolute atomic E-state index is 12.5. The molecule has 0 bridgehead atoms. The Morgan fingerprint density at radius 3 is 0.947 bits per heavy atom. The molecule has 0 saturated heterocycles. The molecule has 1 amide bonds. The average Bonchev–Trinajstić information content (AvgIpc) is 3.41. The average molecular weight is 1050 g/mol. The predicted octanol–water partition coefficient (Wildman–Crippen LogP) is 21.5. The highest BCUT2D eigenvalue weighted by Gasteiger charge is 2.18. The van der Waals surface area contributed by atoms with Gasteiger partial charge in [-0.1, -0.05) is 307 Å². The molecule has 6 nitrogen and oxygen atoms in total. The van der Waals surface area contributed by atoms with Crippen LogP contribution in [-0.4, -0.2) is 47.4 Å².